The molecule has 2 aliphatic heterocycles. The van der Waals surface area contributed by atoms with Gasteiger partial charge in [0.1, 0.15) is 6.04 Å². The lowest BCUT2D eigenvalue weighted by Crippen LogP contribution is -2.44. The van der Waals surface area contributed by atoms with Crippen molar-refractivity contribution in [1.29, 1.82) is 0 Å². The lowest BCUT2D eigenvalue weighted by atomic mass is 10.1. The summed E-state index contributed by atoms with van der Waals surface area (Å²) in [6.07, 6.45) is 4.53. The van der Waals surface area contributed by atoms with Gasteiger partial charge in [-0.3, -0.25) is 9.59 Å². The number of nitrogens with zero attached hydrogens (tertiary/aromatic N) is 2. The van der Waals surface area contributed by atoms with Gasteiger partial charge in [-0.05, 0) is 55.0 Å². The fourth-order valence-corrected chi connectivity index (χ4v) is 4.06. The van der Waals surface area contributed by atoms with Crippen LogP contribution in [0.5, 0.6) is 0 Å². The zero-order valence-corrected chi connectivity index (χ0v) is 15.2. The van der Waals surface area contributed by atoms with Gasteiger partial charge < -0.3 is 20.1 Å². The summed E-state index contributed by atoms with van der Waals surface area (Å²) in [7, 11) is 0. The quantitative estimate of drug-likeness (QED) is 0.743. The molecule has 28 heavy (non-hydrogen) atoms. The van der Waals surface area contributed by atoms with Crippen LogP contribution >= 0.6 is 0 Å². The van der Waals surface area contributed by atoms with E-state index in [0.29, 0.717) is 18.5 Å². The van der Waals surface area contributed by atoms with Crippen LogP contribution in [0.15, 0.2) is 73.1 Å². The molecule has 6 heteroatoms. The molecule has 1 fully saturated rings. The van der Waals surface area contributed by atoms with Crippen LogP contribution < -0.4 is 15.5 Å². The van der Waals surface area contributed by atoms with Gasteiger partial charge in [0.2, 0.25) is 5.91 Å². The third-order valence-corrected chi connectivity index (χ3v) is 5.44. The summed E-state index contributed by atoms with van der Waals surface area (Å²) in [5.41, 5.74) is 3.47. The molecule has 5 rings (SSSR count). The maximum atomic E-state index is 12.7. The van der Waals surface area contributed by atoms with Crippen molar-refractivity contribution in [2.45, 2.75) is 18.5 Å². The van der Waals surface area contributed by atoms with Gasteiger partial charge in [-0.1, -0.05) is 12.1 Å². The molecule has 2 amide bonds. The second kappa shape index (κ2) is 6.56. The summed E-state index contributed by atoms with van der Waals surface area (Å²) < 4.78 is 1.99. The van der Waals surface area contributed by atoms with Gasteiger partial charge in [-0.15, -0.1) is 0 Å². The molecular weight excluding hydrogens is 352 g/mol. The number of nitrogens with one attached hydrogen (secondary N) is 2. The molecule has 140 valence electrons. The van der Waals surface area contributed by atoms with Crippen molar-refractivity contribution in [2.24, 2.45) is 0 Å². The van der Waals surface area contributed by atoms with E-state index in [-0.39, 0.29) is 23.9 Å². The molecule has 2 aliphatic rings. The highest BCUT2D eigenvalue weighted by atomic mass is 16.2. The standard InChI is InChI=1S/C22H20N4O2/c27-21(15-7-9-17(10-8-15)25-11-3-4-12-25)23-16-13-20-22(28)24-18-5-1-2-6-19(18)26(20)14-16/h1-12,16,20H,13-14H2,(H,23,27)(H,24,28)/t16-,20+/m0/s1. The molecule has 3 aromatic rings. The zero-order valence-electron chi connectivity index (χ0n) is 15.2. The first-order valence-corrected chi connectivity index (χ1v) is 9.40. The Kier molecular flexibility index (Phi) is 3.90. The number of carbonyl (C=O) groups is 2. The van der Waals surface area contributed by atoms with Crippen molar-refractivity contribution < 1.29 is 9.59 Å². The Morgan fingerprint density at radius 3 is 2.54 bits per heavy atom. The van der Waals surface area contributed by atoms with Crippen molar-refractivity contribution in [3.05, 3.63) is 78.6 Å². The van der Waals surface area contributed by atoms with Crippen molar-refractivity contribution in [2.75, 3.05) is 16.8 Å². The van der Waals surface area contributed by atoms with E-state index in [1.54, 1.807) is 0 Å². The Labute approximate surface area is 162 Å². The number of amides is 2. The summed E-state index contributed by atoms with van der Waals surface area (Å²) in [6.45, 7) is 0.627. The van der Waals surface area contributed by atoms with Gasteiger partial charge in [0.05, 0.1) is 11.4 Å². The monoisotopic (exact) mass is 372 g/mol. The molecule has 0 bridgehead atoms. The van der Waals surface area contributed by atoms with Gasteiger partial charge in [-0.2, -0.15) is 0 Å². The van der Waals surface area contributed by atoms with E-state index in [0.717, 1.165) is 17.1 Å². The predicted octanol–water partition coefficient (Wildman–Crippen LogP) is 2.81. The first-order valence-electron chi connectivity index (χ1n) is 9.40. The number of para-hydroxylation sites is 2. The lowest BCUT2D eigenvalue weighted by Gasteiger charge is -2.32. The molecule has 0 radical (unpaired) electrons. The second-order valence-corrected chi connectivity index (χ2v) is 7.22. The number of hydrogen-bond donors (Lipinski definition) is 2. The molecule has 6 nitrogen and oxygen atoms in total. The highest BCUT2D eigenvalue weighted by molar-refractivity contribution is 6.04. The number of aromatic nitrogens is 1. The summed E-state index contributed by atoms with van der Waals surface area (Å²) >= 11 is 0. The Balaban J connectivity index is 1.30. The highest BCUT2D eigenvalue weighted by Gasteiger charge is 2.41. The van der Waals surface area contributed by atoms with Crippen LogP contribution in [-0.2, 0) is 4.79 Å². The van der Waals surface area contributed by atoms with Gasteiger partial charge in [0.15, 0.2) is 0 Å². The third-order valence-electron chi connectivity index (χ3n) is 5.44. The van der Waals surface area contributed by atoms with Crippen molar-refractivity contribution in [1.82, 2.24) is 9.88 Å². The minimum absolute atomic E-state index is 0.00785. The highest BCUT2D eigenvalue weighted by Crippen LogP contribution is 2.36. The SMILES string of the molecule is O=C(N[C@H]1C[C@@H]2C(=O)Nc3ccccc3N2C1)c1ccc(-n2cccc2)cc1. The molecule has 1 saturated heterocycles. The van der Waals surface area contributed by atoms with E-state index in [1.165, 1.54) is 0 Å². The number of benzene rings is 2. The minimum atomic E-state index is -0.240. The molecule has 2 N–H and O–H groups in total. The topological polar surface area (TPSA) is 66.4 Å². The Bertz CT molecular complexity index is 1030. The maximum Gasteiger partial charge on any atom is 0.251 e. The van der Waals surface area contributed by atoms with Crippen molar-refractivity contribution >= 4 is 23.2 Å². The van der Waals surface area contributed by atoms with Gasteiger partial charge >= 0.3 is 0 Å². The van der Waals surface area contributed by atoms with Crippen LogP contribution in [0.2, 0.25) is 0 Å². The van der Waals surface area contributed by atoms with Crippen LogP contribution in [0, 0.1) is 0 Å². The fraction of sp³-hybridized carbons (Fsp3) is 0.182. The normalized spacial score (nSPS) is 20.3. The molecule has 0 aliphatic carbocycles. The first kappa shape index (κ1) is 16.6. The minimum Gasteiger partial charge on any atom is -0.356 e. The Hall–Kier alpha value is -3.54. The fourth-order valence-electron chi connectivity index (χ4n) is 4.06. The summed E-state index contributed by atoms with van der Waals surface area (Å²) in [4.78, 5) is 27.2. The van der Waals surface area contributed by atoms with Crippen LogP contribution in [0.25, 0.3) is 5.69 Å². The van der Waals surface area contributed by atoms with E-state index in [9.17, 15) is 9.59 Å². The van der Waals surface area contributed by atoms with Crippen LogP contribution in [0.3, 0.4) is 0 Å². The largest absolute Gasteiger partial charge is 0.356 e. The van der Waals surface area contributed by atoms with Crippen LogP contribution in [0.4, 0.5) is 11.4 Å². The first-order chi connectivity index (χ1) is 13.7. The smallest absolute Gasteiger partial charge is 0.251 e. The van der Waals surface area contributed by atoms with E-state index in [2.05, 4.69) is 15.5 Å². The van der Waals surface area contributed by atoms with E-state index in [4.69, 9.17) is 0 Å². The van der Waals surface area contributed by atoms with E-state index >= 15 is 0 Å². The number of rotatable bonds is 3. The van der Waals surface area contributed by atoms with Crippen LogP contribution in [0.1, 0.15) is 16.8 Å². The molecular formula is C22H20N4O2. The number of hydrogen-bond acceptors (Lipinski definition) is 3. The van der Waals surface area contributed by atoms with Gasteiger partial charge in [0.25, 0.3) is 5.91 Å². The van der Waals surface area contributed by atoms with Crippen molar-refractivity contribution in [3.63, 3.8) is 0 Å². The molecule has 0 unspecified atom stereocenters. The second-order valence-electron chi connectivity index (χ2n) is 7.22. The summed E-state index contributed by atoms with van der Waals surface area (Å²) in [5, 5.41) is 6.05. The average molecular weight is 372 g/mol. The Morgan fingerprint density at radius 1 is 1.00 bits per heavy atom. The number of fused-ring (bicyclic) bond motifs is 3. The molecule has 3 heterocycles. The lowest BCUT2D eigenvalue weighted by molar-refractivity contribution is -0.117. The third kappa shape index (κ3) is 2.83. The van der Waals surface area contributed by atoms with E-state index in [1.807, 2.05) is 77.6 Å². The molecule has 1 aromatic heterocycles. The van der Waals surface area contributed by atoms with E-state index < -0.39 is 0 Å². The summed E-state index contributed by atoms with van der Waals surface area (Å²) in [6, 6.07) is 18.9. The van der Waals surface area contributed by atoms with Gasteiger partial charge in [0, 0.05) is 36.2 Å². The van der Waals surface area contributed by atoms with Crippen molar-refractivity contribution in [3.8, 4) is 5.69 Å². The molecule has 2 aromatic carbocycles. The molecule has 0 spiro atoms. The number of carbonyl (C=O) groups excluding carboxylic acids is 2. The zero-order chi connectivity index (χ0) is 19.1. The average Bonchev–Trinajstić information content (AvgIpc) is 3.39. The van der Waals surface area contributed by atoms with Gasteiger partial charge in [-0.25, -0.2) is 0 Å². The molecule has 2 atom stereocenters. The predicted molar refractivity (Wildman–Crippen MR) is 108 cm³/mol. The molecule has 0 saturated carbocycles. The maximum absolute atomic E-state index is 12.7. The Morgan fingerprint density at radius 2 is 1.75 bits per heavy atom. The summed E-state index contributed by atoms with van der Waals surface area (Å²) in [5.74, 6) is -0.121. The van der Waals surface area contributed by atoms with Crippen LogP contribution in [-0.4, -0.2) is 35.0 Å². The number of anilines is 2.